The zero-order valence-electron chi connectivity index (χ0n) is 11.1. The minimum absolute atomic E-state index is 0. The fraction of sp³-hybridized carbons (Fsp3) is 1.00. The molecule has 0 aromatic heterocycles. The van der Waals surface area contributed by atoms with Crippen LogP contribution in [0.4, 0.5) is 0 Å². The topological polar surface area (TPSA) is 9.23 Å². The van der Waals surface area contributed by atoms with Gasteiger partial charge in [-0.15, -0.1) is 0 Å². The summed E-state index contributed by atoms with van der Waals surface area (Å²) in [6, 6.07) is 0. The van der Waals surface area contributed by atoms with Gasteiger partial charge >= 0.3 is 33.3 Å². The molecule has 3 heteroatoms. The van der Waals surface area contributed by atoms with Crippen molar-refractivity contribution < 1.29 is 3.79 Å². The van der Waals surface area contributed by atoms with Crippen LogP contribution >= 0.6 is 0 Å². The molecule has 0 N–H and O–H groups in total. The predicted molar refractivity (Wildman–Crippen MR) is 73.0 cm³/mol. The van der Waals surface area contributed by atoms with Crippen molar-refractivity contribution in [2.75, 3.05) is 0 Å². The second kappa shape index (κ2) is 8.22. The third-order valence-electron chi connectivity index (χ3n) is 1.99. The molecule has 0 aromatic carbocycles. The van der Waals surface area contributed by atoms with Crippen molar-refractivity contribution in [2.24, 2.45) is 11.8 Å². The second-order valence-electron chi connectivity index (χ2n) is 6.11. The molecule has 0 fully saturated rings. The molecule has 0 amide bonds. The molecule has 0 bridgehead atoms. The summed E-state index contributed by atoms with van der Waals surface area (Å²) in [6.45, 7) is 15.7. The maximum absolute atomic E-state index is 6.20. The summed E-state index contributed by atoms with van der Waals surface area (Å²) in [7, 11) is 0. The Hall–Kier alpha value is 1.09. The molecule has 15 heavy (non-hydrogen) atoms. The third kappa shape index (κ3) is 13.0. The normalized spacial score (nSPS) is 11.8. The molecule has 0 unspecified atom stereocenters. The van der Waals surface area contributed by atoms with E-state index in [1.165, 1.54) is 10.6 Å². The van der Waals surface area contributed by atoms with E-state index in [1.807, 2.05) is 0 Å². The molecule has 0 atom stereocenters. The van der Waals surface area contributed by atoms with E-state index in [0.717, 1.165) is 11.8 Å². The third-order valence-corrected chi connectivity index (χ3v) is 5.97. The Morgan fingerprint density at radius 1 is 0.933 bits per heavy atom. The van der Waals surface area contributed by atoms with Gasteiger partial charge in [0, 0.05) is 5.60 Å². The fourth-order valence-electron chi connectivity index (χ4n) is 1.74. The van der Waals surface area contributed by atoms with Crippen molar-refractivity contribution in [3.05, 3.63) is 0 Å². The first-order valence-electron chi connectivity index (χ1n) is 5.88. The van der Waals surface area contributed by atoms with Crippen LogP contribution in [0.15, 0.2) is 0 Å². The Kier molecular flexibility index (Phi) is 10.1. The summed E-state index contributed by atoms with van der Waals surface area (Å²) in [4.78, 5) is 0. The van der Waals surface area contributed by atoms with Crippen LogP contribution in [0.5, 0.6) is 0 Å². The molecule has 0 aliphatic heterocycles. The molecule has 0 aromatic rings. The minimum atomic E-state index is -0.975. The summed E-state index contributed by atoms with van der Waals surface area (Å²) < 4.78 is 6.20. The average molecular weight is 222 g/mol. The van der Waals surface area contributed by atoms with Gasteiger partial charge in [-0.05, 0) is 20.8 Å². The fourth-order valence-corrected chi connectivity index (χ4v) is 5.23. The molecule has 0 aliphatic carbocycles. The monoisotopic (exact) mass is 222 g/mol. The standard InChI is InChI=1S/C4H9O.2C4H9.Al.Li.H/c1-4(2,3)5;2*1-4(2)3;;;/h1-3H3;2*4H,1H2,2-3H3;;;/q-1;;;+1;;. The predicted octanol–water partition coefficient (Wildman–Crippen LogP) is 3.46. The van der Waals surface area contributed by atoms with E-state index < -0.39 is 14.5 Å². The van der Waals surface area contributed by atoms with Gasteiger partial charge in [0.1, 0.15) is 0 Å². The molecule has 0 radical (unpaired) electrons. The second-order valence-corrected chi connectivity index (χ2v) is 8.53. The Bertz CT molecular complexity index is 142. The van der Waals surface area contributed by atoms with Gasteiger partial charge in [0.2, 0.25) is 0 Å². The quantitative estimate of drug-likeness (QED) is 0.647. The maximum atomic E-state index is 6.20. The molecule has 86 valence electrons. The molecule has 0 saturated carbocycles. The first-order chi connectivity index (χ1) is 6.20. The molecule has 0 heterocycles. The van der Waals surface area contributed by atoms with Crippen LogP contribution in [0.3, 0.4) is 0 Å². The van der Waals surface area contributed by atoms with Crippen LogP contribution in [0.25, 0.3) is 0 Å². The molecule has 0 saturated heterocycles. The van der Waals surface area contributed by atoms with Crippen LogP contribution in [0.1, 0.15) is 48.5 Å². The van der Waals surface area contributed by atoms with Crippen molar-refractivity contribution in [1.29, 1.82) is 0 Å². The van der Waals surface area contributed by atoms with Crippen LogP contribution in [-0.4, -0.2) is 38.9 Å². The van der Waals surface area contributed by atoms with Crippen molar-refractivity contribution in [3.8, 4) is 0 Å². The van der Waals surface area contributed by atoms with Crippen molar-refractivity contribution >= 4 is 33.3 Å². The Morgan fingerprint density at radius 3 is 1.47 bits per heavy atom. The zero-order valence-corrected chi connectivity index (χ0v) is 12.2. The van der Waals surface area contributed by atoms with Gasteiger partial charge in [-0.1, -0.05) is 50.1 Å². The van der Waals surface area contributed by atoms with E-state index in [4.69, 9.17) is 3.79 Å². The van der Waals surface area contributed by atoms with Crippen molar-refractivity contribution in [2.45, 2.75) is 64.6 Å². The van der Waals surface area contributed by atoms with Crippen molar-refractivity contribution in [3.63, 3.8) is 0 Å². The summed E-state index contributed by atoms with van der Waals surface area (Å²) in [5, 5.41) is 2.63. The molecular weight excluding hydrogens is 194 g/mol. The van der Waals surface area contributed by atoms with Crippen molar-refractivity contribution in [1.82, 2.24) is 0 Å². The van der Waals surface area contributed by atoms with E-state index >= 15 is 0 Å². The molecule has 0 spiro atoms. The molecule has 0 rings (SSSR count). The molecule has 1 nitrogen and oxygen atoms in total. The Labute approximate surface area is 113 Å². The SMILES string of the molecule is CC(C)[CH2][Al]([CH2]C(C)C)[O]C(C)(C)C.[LiH]. The van der Waals surface area contributed by atoms with Gasteiger partial charge in [-0.2, -0.15) is 0 Å². The van der Waals surface area contributed by atoms with Gasteiger partial charge in [-0.3, -0.25) is 0 Å². The van der Waals surface area contributed by atoms with Gasteiger partial charge in [0.25, 0.3) is 0 Å². The van der Waals surface area contributed by atoms with E-state index in [1.54, 1.807) is 0 Å². The Balaban J connectivity index is 0. The molecule has 0 aliphatic rings. The summed E-state index contributed by atoms with van der Waals surface area (Å²) in [5.41, 5.74) is 0.0562. The van der Waals surface area contributed by atoms with E-state index in [2.05, 4.69) is 48.5 Å². The van der Waals surface area contributed by atoms with Crippen LogP contribution in [0, 0.1) is 11.8 Å². The summed E-state index contributed by atoms with van der Waals surface area (Å²) >= 11 is -0.975. The number of hydrogen-bond donors (Lipinski definition) is 0. The first kappa shape index (κ1) is 18.5. The summed E-state index contributed by atoms with van der Waals surface area (Å²) in [5.74, 6) is 1.57. The first-order valence-corrected chi connectivity index (χ1v) is 7.99. The number of rotatable bonds is 5. The van der Waals surface area contributed by atoms with Gasteiger partial charge in [0.15, 0.2) is 0 Å². The van der Waals surface area contributed by atoms with Gasteiger partial charge in [-0.25, -0.2) is 0 Å². The van der Waals surface area contributed by atoms with Crippen LogP contribution < -0.4 is 0 Å². The van der Waals surface area contributed by atoms with Gasteiger partial charge in [0.05, 0.1) is 0 Å². The van der Waals surface area contributed by atoms with Crippen LogP contribution in [-0.2, 0) is 3.79 Å². The van der Waals surface area contributed by atoms with E-state index in [0.29, 0.717) is 0 Å². The van der Waals surface area contributed by atoms with Gasteiger partial charge < -0.3 is 3.79 Å². The number of hydrogen-bond acceptors (Lipinski definition) is 1. The summed E-state index contributed by atoms with van der Waals surface area (Å²) in [6.07, 6.45) is 0. The Morgan fingerprint density at radius 2 is 1.27 bits per heavy atom. The molecular formula is C12H28AlLiO. The zero-order chi connectivity index (χ0) is 11.4. The average Bonchev–Trinajstić information content (AvgIpc) is 1.77. The van der Waals surface area contributed by atoms with E-state index in [-0.39, 0.29) is 24.5 Å². The van der Waals surface area contributed by atoms with E-state index in [9.17, 15) is 0 Å². The van der Waals surface area contributed by atoms with Crippen LogP contribution in [0.2, 0.25) is 10.6 Å².